The largest absolute Gasteiger partial charge is 0.470 e. The first kappa shape index (κ1) is 19.8. The summed E-state index contributed by atoms with van der Waals surface area (Å²) in [5.41, 5.74) is -2.74. The van der Waals surface area contributed by atoms with Gasteiger partial charge in [-0.3, -0.25) is 18.2 Å². The molecule has 0 bridgehead atoms. The molecule has 0 radical (unpaired) electrons. The summed E-state index contributed by atoms with van der Waals surface area (Å²) >= 11 is 0. The van der Waals surface area contributed by atoms with Gasteiger partial charge in [-0.05, 0) is 44.3 Å². The highest BCUT2D eigenvalue weighted by atomic mass is 32.4. The van der Waals surface area contributed by atoms with E-state index < -0.39 is 32.4 Å². The molecule has 0 spiro atoms. The molecule has 1 heterocycles. The maximum Gasteiger partial charge on any atom is 0.209 e. The second-order valence-electron chi connectivity index (χ2n) is 6.49. The fourth-order valence-corrected chi connectivity index (χ4v) is 5.57. The molecular weight excluding hydrogens is 382 g/mol. The minimum absolute atomic E-state index is 0.171. The van der Waals surface area contributed by atoms with Gasteiger partial charge in [0.2, 0.25) is 5.44 Å². The van der Waals surface area contributed by atoms with Crippen molar-refractivity contribution in [3.8, 4) is 5.75 Å². The van der Waals surface area contributed by atoms with Crippen LogP contribution in [0.25, 0.3) is 0 Å². The van der Waals surface area contributed by atoms with Gasteiger partial charge in [0.05, 0.1) is 11.4 Å². The molecule has 0 aromatic heterocycles. The van der Waals surface area contributed by atoms with Gasteiger partial charge in [-0.2, -0.15) is 0 Å². The lowest BCUT2D eigenvalue weighted by atomic mass is 10.2. The molecule has 150 valence electrons. The van der Waals surface area contributed by atoms with E-state index in [1.165, 1.54) is 12.1 Å². The van der Waals surface area contributed by atoms with E-state index in [4.69, 9.17) is 4.74 Å². The topological polar surface area (TPSA) is 105 Å². The number of anilines is 2. The highest BCUT2D eigenvalue weighted by Gasteiger charge is 2.68. The zero-order valence-corrected chi connectivity index (χ0v) is 15.4. The quantitative estimate of drug-likeness (QED) is 0.467. The van der Waals surface area contributed by atoms with Crippen LogP contribution in [-0.2, 0) is 0 Å². The third-order valence-electron chi connectivity index (χ3n) is 4.36. The first-order chi connectivity index (χ1) is 12.5. The maximum atomic E-state index is 14.5. The van der Waals surface area contributed by atoms with Crippen LogP contribution in [0, 0.1) is 11.6 Å². The molecule has 3 rings (SSSR count). The van der Waals surface area contributed by atoms with Crippen LogP contribution in [0.15, 0.2) is 42.5 Å². The fraction of sp³-hybridized carbons (Fsp3) is 0.294. The van der Waals surface area contributed by atoms with Crippen LogP contribution < -0.4 is 14.4 Å². The third kappa shape index (κ3) is 3.35. The van der Waals surface area contributed by atoms with E-state index in [-0.39, 0.29) is 24.3 Å². The molecule has 2 aromatic rings. The number of hydrogen-bond acceptors (Lipinski definition) is 7. The van der Waals surface area contributed by atoms with Crippen LogP contribution in [0.5, 0.6) is 5.75 Å². The van der Waals surface area contributed by atoms with Crippen LogP contribution in [-0.4, -0.2) is 37.2 Å². The SMILES string of the molecule is CNCCCC1Oc2cc(F)ccc2N(c2ccccc2F)S1(O)(O)(O)O. The summed E-state index contributed by atoms with van der Waals surface area (Å²) < 4.78 is 77.6. The molecule has 27 heavy (non-hydrogen) atoms. The van der Waals surface area contributed by atoms with Gasteiger partial charge in [-0.25, -0.2) is 13.1 Å². The van der Waals surface area contributed by atoms with Crippen LogP contribution in [0.3, 0.4) is 0 Å². The first-order valence-electron chi connectivity index (χ1n) is 8.24. The van der Waals surface area contributed by atoms with Crippen LogP contribution in [0.2, 0.25) is 0 Å². The molecule has 2 aromatic carbocycles. The Morgan fingerprint density at radius 1 is 1.07 bits per heavy atom. The van der Waals surface area contributed by atoms with Crippen LogP contribution in [0.4, 0.5) is 20.2 Å². The smallest absolute Gasteiger partial charge is 0.209 e. The molecule has 1 atom stereocenters. The van der Waals surface area contributed by atoms with E-state index in [1.807, 2.05) is 0 Å². The van der Waals surface area contributed by atoms with Crippen molar-refractivity contribution in [2.24, 2.45) is 0 Å². The van der Waals surface area contributed by atoms with Crippen molar-refractivity contribution in [3.63, 3.8) is 0 Å². The molecule has 1 aliphatic heterocycles. The summed E-state index contributed by atoms with van der Waals surface area (Å²) in [6, 6.07) is 7.90. The first-order valence-corrected chi connectivity index (χ1v) is 10.5. The third-order valence-corrected chi connectivity index (χ3v) is 7.12. The Balaban J connectivity index is 2.25. The minimum Gasteiger partial charge on any atom is -0.470 e. The number of rotatable bonds is 5. The second-order valence-corrected chi connectivity index (χ2v) is 10.1. The predicted octanol–water partition coefficient (Wildman–Crippen LogP) is 4.50. The predicted molar refractivity (Wildman–Crippen MR) is 101 cm³/mol. The minimum atomic E-state index is -7.17. The lowest BCUT2D eigenvalue weighted by Gasteiger charge is -2.72. The molecule has 0 fully saturated rings. The van der Waals surface area contributed by atoms with Gasteiger partial charge >= 0.3 is 0 Å². The van der Waals surface area contributed by atoms with Crippen molar-refractivity contribution < 1.29 is 31.7 Å². The molecule has 0 aliphatic carbocycles. The summed E-state index contributed by atoms with van der Waals surface area (Å²) in [5.74, 6) is -1.78. The molecular formula is C17H22F2N2O5S. The average Bonchev–Trinajstić information content (AvgIpc) is 2.56. The van der Waals surface area contributed by atoms with Crippen molar-refractivity contribution in [2.45, 2.75) is 18.3 Å². The number of ether oxygens (including phenoxy) is 1. The van der Waals surface area contributed by atoms with Gasteiger partial charge in [-0.15, -0.1) is 0 Å². The Morgan fingerprint density at radius 3 is 2.44 bits per heavy atom. The molecule has 1 unspecified atom stereocenters. The van der Waals surface area contributed by atoms with E-state index in [0.717, 1.165) is 30.3 Å². The summed E-state index contributed by atoms with van der Waals surface area (Å²) in [6.07, 6.45) is 0.0719. The van der Waals surface area contributed by atoms with Crippen molar-refractivity contribution in [1.82, 2.24) is 5.32 Å². The molecule has 1 aliphatic rings. The van der Waals surface area contributed by atoms with Crippen LogP contribution in [0.1, 0.15) is 12.8 Å². The van der Waals surface area contributed by atoms with Crippen molar-refractivity contribution in [3.05, 3.63) is 54.1 Å². The van der Waals surface area contributed by atoms with E-state index >= 15 is 0 Å². The van der Waals surface area contributed by atoms with Crippen molar-refractivity contribution in [1.29, 1.82) is 0 Å². The van der Waals surface area contributed by atoms with Gasteiger partial charge in [-0.1, -0.05) is 12.1 Å². The van der Waals surface area contributed by atoms with E-state index in [0.29, 0.717) is 10.8 Å². The molecule has 0 saturated heterocycles. The standard InChI is InChI=1S/C17H22F2N2O5S/c1-20-10-4-7-17-26-16-11-12(18)8-9-15(16)21(27(17,22,23,24)25)14-6-3-2-5-13(14)19/h2-3,5-6,8-9,11,17,20,22-25H,4,7,10H2,1H3. The Hall–Kier alpha value is -1.95. The van der Waals surface area contributed by atoms with E-state index in [9.17, 15) is 27.0 Å². The normalized spacial score (nSPS) is 24.6. The highest BCUT2D eigenvalue weighted by molar-refractivity contribution is 8.49. The Labute approximate surface area is 154 Å². The Morgan fingerprint density at radius 2 is 1.78 bits per heavy atom. The van der Waals surface area contributed by atoms with Gasteiger partial charge in [0.25, 0.3) is 0 Å². The summed E-state index contributed by atoms with van der Waals surface area (Å²) in [4.78, 5) is 0. The summed E-state index contributed by atoms with van der Waals surface area (Å²) in [6.45, 7) is 0.420. The van der Waals surface area contributed by atoms with E-state index in [2.05, 4.69) is 5.32 Å². The number of hydrogen-bond donors (Lipinski definition) is 5. The summed E-state index contributed by atoms with van der Waals surface area (Å²) in [5, 5.41) is 2.84. The number of nitrogens with zero attached hydrogens (tertiary/aromatic N) is 1. The number of halogens is 2. The molecule has 10 heteroatoms. The van der Waals surface area contributed by atoms with Crippen molar-refractivity contribution in [2.75, 3.05) is 17.9 Å². The maximum absolute atomic E-state index is 14.5. The lowest BCUT2D eigenvalue weighted by Crippen LogP contribution is -2.60. The number of fused-ring (bicyclic) bond motifs is 1. The Bertz CT molecular complexity index is 874. The fourth-order valence-electron chi connectivity index (χ4n) is 3.10. The van der Waals surface area contributed by atoms with Gasteiger partial charge in [0, 0.05) is 12.5 Å². The zero-order chi connectivity index (χ0) is 19.9. The molecule has 0 saturated carbocycles. The van der Waals surface area contributed by atoms with Gasteiger partial charge in [0.1, 0.15) is 27.0 Å². The van der Waals surface area contributed by atoms with Crippen LogP contribution >= 0.6 is 9.60 Å². The van der Waals surface area contributed by atoms with Gasteiger partial charge in [0.15, 0.2) is 0 Å². The number of para-hydroxylation sites is 1. The number of nitrogens with one attached hydrogen (secondary N) is 1. The zero-order valence-electron chi connectivity index (χ0n) is 14.5. The molecule has 0 amide bonds. The monoisotopic (exact) mass is 404 g/mol. The number of benzene rings is 2. The van der Waals surface area contributed by atoms with Gasteiger partial charge < -0.3 is 10.1 Å². The second kappa shape index (κ2) is 6.03. The molecule has 5 N–H and O–H groups in total. The average molecular weight is 404 g/mol. The Kier molecular flexibility index (Phi) is 4.42. The molecule has 7 nitrogen and oxygen atoms in total. The van der Waals surface area contributed by atoms with Crippen molar-refractivity contribution >= 4 is 21.0 Å². The summed E-state index contributed by atoms with van der Waals surface area (Å²) in [7, 11) is -5.50. The lowest BCUT2D eigenvalue weighted by molar-refractivity contribution is 0.114. The highest BCUT2D eigenvalue weighted by Crippen LogP contribution is 2.87. The van der Waals surface area contributed by atoms with E-state index in [1.54, 1.807) is 7.05 Å².